The molecule has 104 valence electrons. The molecule has 0 spiro atoms. The first-order valence-electron chi connectivity index (χ1n) is 6.05. The molecule has 0 fully saturated rings. The standard InChI is InChI=1S/C8H15NO2.C7H7N/c1-7(8(10)11)5-4-6-9(2)3;1-2-7-5-3-4-6-8-7/h5H,4,6H2,1-3H3,(H,10,11);2-6H,1H2. The lowest BCUT2D eigenvalue weighted by molar-refractivity contribution is -0.132. The fraction of sp³-hybridized carbons (Fsp3) is 0.333. The summed E-state index contributed by atoms with van der Waals surface area (Å²) in [6, 6.07) is 5.73. The molecule has 0 radical (unpaired) electrons. The first kappa shape index (κ1) is 17.1. The lowest BCUT2D eigenvalue weighted by Gasteiger charge is -2.05. The number of hydrogen-bond donors (Lipinski definition) is 1. The van der Waals surface area contributed by atoms with Crippen molar-refractivity contribution in [2.24, 2.45) is 0 Å². The molecular weight excluding hydrogens is 240 g/mol. The van der Waals surface area contributed by atoms with Crippen LogP contribution in [0, 0.1) is 0 Å². The summed E-state index contributed by atoms with van der Waals surface area (Å²) in [7, 11) is 3.92. The van der Waals surface area contributed by atoms with E-state index in [1.165, 1.54) is 0 Å². The van der Waals surface area contributed by atoms with Gasteiger partial charge in [-0.05, 0) is 45.6 Å². The molecule has 1 N–H and O–H groups in total. The van der Waals surface area contributed by atoms with Gasteiger partial charge >= 0.3 is 5.97 Å². The van der Waals surface area contributed by atoms with Gasteiger partial charge in [0.2, 0.25) is 0 Å². The van der Waals surface area contributed by atoms with E-state index in [1.54, 1.807) is 25.3 Å². The van der Waals surface area contributed by atoms with Gasteiger partial charge in [-0.25, -0.2) is 4.79 Å². The van der Waals surface area contributed by atoms with E-state index < -0.39 is 5.97 Å². The largest absolute Gasteiger partial charge is 0.478 e. The van der Waals surface area contributed by atoms with E-state index in [9.17, 15) is 4.79 Å². The summed E-state index contributed by atoms with van der Waals surface area (Å²) in [5, 5.41) is 8.47. The third kappa shape index (κ3) is 9.73. The lowest BCUT2D eigenvalue weighted by atomic mass is 10.2. The van der Waals surface area contributed by atoms with Crippen LogP contribution in [0.1, 0.15) is 19.0 Å². The number of carboxylic acid groups (broad SMARTS) is 1. The Morgan fingerprint density at radius 3 is 2.53 bits per heavy atom. The summed E-state index contributed by atoms with van der Waals surface area (Å²) in [6.07, 6.45) is 6.00. The molecule has 4 heteroatoms. The Bertz CT molecular complexity index is 411. The SMILES string of the molecule is C=Cc1ccccn1.CC(=CCCN(C)C)C(=O)O. The fourth-order valence-electron chi connectivity index (χ4n) is 1.12. The van der Waals surface area contributed by atoms with Gasteiger partial charge in [0, 0.05) is 18.3 Å². The van der Waals surface area contributed by atoms with Crippen molar-refractivity contribution in [3.8, 4) is 0 Å². The normalized spacial score (nSPS) is 10.6. The van der Waals surface area contributed by atoms with Gasteiger partial charge in [-0.2, -0.15) is 0 Å². The Labute approximate surface area is 115 Å². The summed E-state index contributed by atoms with van der Waals surface area (Å²) in [5.74, 6) is -0.830. The van der Waals surface area contributed by atoms with Crippen LogP contribution in [0.25, 0.3) is 6.08 Å². The monoisotopic (exact) mass is 262 g/mol. The van der Waals surface area contributed by atoms with Crippen LogP contribution in [0.2, 0.25) is 0 Å². The van der Waals surface area contributed by atoms with Crippen LogP contribution < -0.4 is 0 Å². The van der Waals surface area contributed by atoms with Crippen LogP contribution in [0.4, 0.5) is 0 Å². The maximum absolute atomic E-state index is 10.3. The molecule has 1 aromatic rings. The molecule has 0 amide bonds. The quantitative estimate of drug-likeness (QED) is 0.829. The van der Waals surface area contributed by atoms with E-state index in [0.29, 0.717) is 5.57 Å². The predicted molar refractivity (Wildman–Crippen MR) is 78.9 cm³/mol. The Morgan fingerprint density at radius 2 is 2.16 bits per heavy atom. The number of hydrogen-bond acceptors (Lipinski definition) is 3. The van der Waals surface area contributed by atoms with Crippen molar-refractivity contribution in [2.45, 2.75) is 13.3 Å². The summed E-state index contributed by atoms with van der Waals surface area (Å²) in [5.41, 5.74) is 1.35. The van der Waals surface area contributed by atoms with Gasteiger partial charge in [0.15, 0.2) is 0 Å². The van der Waals surface area contributed by atoms with Crippen LogP contribution in [0.5, 0.6) is 0 Å². The van der Waals surface area contributed by atoms with E-state index in [0.717, 1.165) is 18.7 Å². The van der Waals surface area contributed by atoms with E-state index in [4.69, 9.17) is 5.11 Å². The van der Waals surface area contributed by atoms with Crippen molar-refractivity contribution >= 4 is 12.0 Å². The summed E-state index contributed by atoms with van der Waals surface area (Å²) >= 11 is 0. The van der Waals surface area contributed by atoms with Crippen molar-refractivity contribution in [1.29, 1.82) is 0 Å². The van der Waals surface area contributed by atoms with Gasteiger partial charge < -0.3 is 10.0 Å². The van der Waals surface area contributed by atoms with Crippen molar-refractivity contribution in [3.63, 3.8) is 0 Å². The van der Waals surface area contributed by atoms with Crippen molar-refractivity contribution < 1.29 is 9.90 Å². The summed E-state index contributed by atoms with van der Waals surface area (Å²) < 4.78 is 0. The Kier molecular flexibility index (Phi) is 9.00. The second-order valence-corrected chi connectivity index (χ2v) is 4.24. The highest BCUT2D eigenvalue weighted by atomic mass is 16.4. The third-order valence-corrected chi connectivity index (χ3v) is 2.26. The minimum atomic E-state index is -0.830. The van der Waals surface area contributed by atoms with Gasteiger partial charge in [-0.15, -0.1) is 0 Å². The number of aliphatic carboxylic acids is 1. The molecule has 1 aromatic heterocycles. The zero-order valence-corrected chi connectivity index (χ0v) is 11.8. The second kappa shape index (κ2) is 10.0. The lowest BCUT2D eigenvalue weighted by Crippen LogP contribution is -2.12. The number of nitrogens with zero attached hydrogens (tertiary/aromatic N) is 2. The number of aromatic nitrogens is 1. The third-order valence-electron chi connectivity index (χ3n) is 2.26. The molecule has 0 aliphatic carbocycles. The van der Waals surface area contributed by atoms with E-state index in [-0.39, 0.29) is 0 Å². The minimum Gasteiger partial charge on any atom is -0.478 e. The van der Waals surface area contributed by atoms with Gasteiger partial charge in [-0.3, -0.25) is 4.98 Å². The molecular formula is C15H22N2O2. The van der Waals surface area contributed by atoms with E-state index >= 15 is 0 Å². The molecule has 0 unspecified atom stereocenters. The minimum absolute atomic E-state index is 0.423. The maximum atomic E-state index is 10.3. The number of carboxylic acids is 1. The van der Waals surface area contributed by atoms with Crippen molar-refractivity contribution in [1.82, 2.24) is 9.88 Å². The second-order valence-electron chi connectivity index (χ2n) is 4.24. The Balaban J connectivity index is 0.000000356. The van der Waals surface area contributed by atoms with Crippen LogP contribution in [-0.2, 0) is 4.79 Å². The van der Waals surface area contributed by atoms with Crippen LogP contribution >= 0.6 is 0 Å². The highest BCUT2D eigenvalue weighted by molar-refractivity contribution is 5.85. The summed E-state index contributed by atoms with van der Waals surface area (Å²) in [4.78, 5) is 16.3. The van der Waals surface area contributed by atoms with Gasteiger partial charge in [0.05, 0.1) is 5.69 Å². The van der Waals surface area contributed by atoms with Gasteiger partial charge in [0.1, 0.15) is 0 Å². The molecule has 19 heavy (non-hydrogen) atoms. The molecule has 0 bridgehead atoms. The number of carbonyl (C=O) groups is 1. The highest BCUT2D eigenvalue weighted by Crippen LogP contribution is 1.95. The average Bonchev–Trinajstić information content (AvgIpc) is 2.39. The van der Waals surface area contributed by atoms with Crippen LogP contribution in [0.3, 0.4) is 0 Å². The van der Waals surface area contributed by atoms with Crippen LogP contribution in [-0.4, -0.2) is 41.6 Å². The summed E-state index contributed by atoms with van der Waals surface area (Å²) in [6.45, 7) is 6.07. The zero-order valence-electron chi connectivity index (χ0n) is 11.8. The van der Waals surface area contributed by atoms with Crippen LogP contribution in [0.15, 0.2) is 42.6 Å². The predicted octanol–water partition coefficient (Wildman–Crippen LogP) is 2.69. The fourth-order valence-corrected chi connectivity index (χ4v) is 1.12. The highest BCUT2D eigenvalue weighted by Gasteiger charge is 1.97. The molecule has 0 atom stereocenters. The average molecular weight is 262 g/mol. The number of pyridine rings is 1. The zero-order chi connectivity index (χ0) is 14.7. The van der Waals surface area contributed by atoms with Gasteiger partial charge in [-0.1, -0.05) is 18.7 Å². The Morgan fingerprint density at radius 1 is 1.47 bits per heavy atom. The molecule has 1 heterocycles. The first-order valence-corrected chi connectivity index (χ1v) is 6.05. The Hall–Kier alpha value is -1.94. The maximum Gasteiger partial charge on any atom is 0.330 e. The topological polar surface area (TPSA) is 53.4 Å². The van der Waals surface area contributed by atoms with Gasteiger partial charge in [0.25, 0.3) is 0 Å². The molecule has 0 aliphatic heterocycles. The molecule has 0 aliphatic rings. The number of rotatable bonds is 5. The van der Waals surface area contributed by atoms with Crippen molar-refractivity contribution in [3.05, 3.63) is 48.3 Å². The molecule has 0 saturated heterocycles. The van der Waals surface area contributed by atoms with E-state index in [2.05, 4.69) is 11.6 Å². The van der Waals surface area contributed by atoms with E-state index in [1.807, 2.05) is 37.2 Å². The molecule has 4 nitrogen and oxygen atoms in total. The molecule has 0 saturated carbocycles. The van der Waals surface area contributed by atoms with Crippen molar-refractivity contribution in [2.75, 3.05) is 20.6 Å². The smallest absolute Gasteiger partial charge is 0.330 e. The molecule has 0 aromatic carbocycles. The first-order chi connectivity index (χ1) is 8.97. The molecule has 1 rings (SSSR count).